The molecule has 2 heterocycles. The molecule has 0 saturated heterocycles. The molecule has 0 unspecified atom stereocenters. The molecule has 1 aliphatic carbocycles. The molecule has 2 aromatic heterocycles. The Hall–Kier alpha value is -4.65. The van der Waals surface area contributed by atoms with Crippen molar-refractivity contribution in [2.75, 3.05) is 5.32 Å². The van der Waals surface area contributed by atoms with E-state index in [1.807, 2.05) is 24.3 Å². The number of nitrogens with one attached hydrogen (secondary N) is 1. The van der Waals surface area contributed by atoms with Gasteiger partial charge in [-0.25, -0.2) is 9.97 Å². The van der Waals surface area contributed by atoms with Gasteiger partial charge in [-0.05, 0) is 22.9 Å². The summed E-state index contributed by atoms with van der Waals surface area (Å²) in [5.41, 5.74) is 1.16. The Morgan fingerprint density at radius 3 is 2.31 bits per heavy atom. The maximum absolute atomic E-state index is 13.4. The third-order valence-corrected chi connectivity index (χ3v) is 5.57. The van der Waals surface area contributed by atoms with Crippen molar-refractivity contribution in [2.24, 2.45) is 0 Å². The molecule has 5 aromatic rings. The normalized spacial score (nSPS) is 12.6. The van der Waals surface area contributed by atoms with E-state index in [2.05, 4.69) is 15.3 Å². The average Bonchev–Trinajstić information content (AvgIpc) is 3.24. The van der Waals surface area contributed by atoms with Crippen LogP contribution in [-0.2, 0) is 0 Å². The zero-order valence-electron chi connectivity index (χ0n) is 16.5. The maximum atomic E-state index is 13.4. The first-order valence-corrected chi connectivity index (χ1v) is 9.88. The third-order valence-electron chi connectivity index (χ3n) is 5.57. The Kier molecular flexibility index (Phi) is 3.79. The van der Waals surface area contributed by atoms with Gasteiger partial charge in [-0.3, -0.25) is 19.7 Å². The third kappa shape index (κ3) is 2.51. The average molecular weight is 419 g/mol. The largest absolute Gasteiger partial charge is 0.451 e. The second-order valence-corrected chi connectivity index (χ2v) is 7.39. The molecule has 1 aliphatic rings. The van der Waals surface area contributed by atoms with E-state index in [4.69, 9.17) is 4.42 Å². The van der Waals surface area contributed by atoms with E-state index in [-0.39, 0.29) is 45.5 Å². The molecule has 0 fully saturated rings. The molecular weight excluding hydrogens is 406 g/mol. The number of amides is 1. The predicted molar refractivity (Wildman–Crippen MR) is 117 cm³/mol. The van der Waals surface area contributed by atoms with Gasteiger partial charge in [0.05, 0.1) is 11.1 Å². The van der Waals surface area contributed by atoms with Gasteiger partial charge in [0.15, 0.2) is 11.5 Å². The lowest BCUT2D eigenvalue weighted by Gasteiger charge is -2.13. The summed E-state index contributed by atoms with van der Waals surface area (Å²) in [5, 5.41) is 4.55. The molecule has 32 heavy (non-hydrogen) atoms. The van der Waals surface area contributed by atoms with Gasteiger partial charge >= 0.3 is 0 Å². The van der Waals surface area contributed by atoms with Gasteiger partial charge in [0.1, 0.15) is 5.58 Å². The molecular formula is C25H13N3O4. The van der Waals surface area contributed by atoms with Crippen LogP contribution in [0.15, 0.2) is 77.5 Å². The number of nitrogens with zero attached hydrogens (tertiary/aromatic N) is 2. The predicted octanol–water partition coefficient (Wildman–Crippen LogP) is 4.40. The smallest absolute Gasteiger partial charge is 0.261 e. The zero-order chi connectivity index (χ0) is 21.8. The number of aromatic nitrogens is 2. The molecule has 7 nitrogen and oxygen atoms in total. The lowest BCUT2D eigenvalue weighted by atomic mass is 9.86. The molecule has 0 atom stereocenters. The standard InChI is InChI=1S/C25H13N3O4/c29-20-15-8-3-4-9-16(15)21(30)23-19(20)18-14-7-2-1-6-13(14)12-17(22(18)32-23)24(31)28-25-26-10-5-11-27-25/h1-12H,(H,26,27,28,31). The number of fused-ring (bicyclic) bond motifs is 6. The van der Waals surface area contributed by atoms with Gasteiger partial charge in [-0.15, -0.1) is 0 Å². The molecule has 7 heteroatoms. The molecule has 3 aromatic carbocycles. The number of ketones is 2. The lowest BCUT2D eigenvalue weighted by Crippen LogP contribution is -2.19. The highest BCUT2D eigenvalue weighted by Gasteiger charge is 2.36. The van der Waals surface area contributed by atoms with Crippen LogP contribution in [0.1, 0.15) is 42.4 Å². The molecule has 152 valence electrons. The summed E-state index contributed by atoms with van der Waals surface area (Å²) in [6.45, 7) is 0. The van der Waals surface area contributed by atoms with E-state index in [9.17, 15) is 14.4 Å². The van der Waals surface area contributed by atoms with Crippen LogP contribution in [0.5, 0.6) is 0 Å². The van der Waals surface area contributed by atoms with Crippen LogP contribution < -0.4 is 5.32 Å². The van der Waals surface area contributed by atoms with Gasteiger partial charge in [0, 0.05) is 28.9 Å². The van der Waals surface area contributed by atoms with E-state index >= 15 is 0 Å². The first-order valence-electron chi connectivity index (χ1n) is 9.88. The Morgan fingerprint density at radius 1 is 0.844 bits per heavy atom. The summed E-state index contributed by atoms with van der Waals surface area (Å²) in [6.07, 6.45) is 3.03. The number of hydrogen-bond acceptors (Lipinski definition) is 6. The fourth-order valence-electron chi connectivity index (χ4n) is 4.16. The second-order valence-electron chi connectivity index (χ2n) is 7.39. The summed E-state index contributed by atoms with van der Waals surface area (Å²) in [7, 11) is 0. The molecule has 6 rings (SSSR count). The van der Waals surface area contributed by atoms with Crippen LogP contribution in [0.4, 0.5) is 5.95 Å². The summed E-state index contributed by atoms with van der Waals surface area (Å²) in [6, 6.07) is 17.3. The van der Waals surface area contributed by atoms with Crippen LogP contribution in [0.3, 0.4) is 0 Å². The lowest BCUT2D eigenvalue weighted by molar-refractivity contribution is 0.0961. The number of hydrogen-bond donors (Lipinski definition) is 1. The molecule has 0 radical (unpaired) electrons. The fraction of sp³-hybridized carbons (Fsp3) is 0. The van der Waals surface area contributed by atoms with Crippen molar-refractivity contribution in [2.45, 2.75) is 0 Å². The summed E-state index contributed by atoms with van der Waals surface area (Å²) >= 11 is 0. The quantitative estimate of drug-likeness (QED) is 0.446. The van der Waals surface area contributed by atoms with Crippen molar-refractivity contribution in [3.63, 3.8) is 0 Å². The van der Waals surface area contributed by atoms with E-state index in [1.54, 1.807) is 36.4 Å². The molecule has 0 saturated carbocycles. The molecule has 1 N–H and O–H groups in total. The Bertz CT molecular complexity index is 1600. The number of carbonyl (C=O) groups is 3. The summed E-state index contributed by atoms with van der Waals surface area (Å²) in [5.74, 6) is -1.11. The van der Waals surface area contributed by atoms with Crippen molar-refractivity contribution < 1.29 is 18.8 Å². The second kappa shape index (κ2) is 6.68. The van der Waals surface area contributed by atoms with E-state index in [0.29, 0.717) is 10.9 Å². The summed E-state index contributed by atoms with van der Waals surface area (Å²) in [4.78, 5) is 47.8. The van der Waals surface area contributed by atoms with Crippen LogP contribution >= 0.6 is 0 Å². The number of anilines is 1. The summed E-state index contributed by atoms with van der Waals surface area (Å²) < 4.78 is 5.96. The molecule has 0 aliphatic heterocycles. The van der Waals surface area contributed by atoms with Gasteiger partial charge in [-0.1, -0.05) is 48.5 Å². The first-order chi connectivity index (χ1) is 15.6. The van der Waals surface area contributed by atoms with Crippen molar-refractivity contribution in [3.8, 4) is 0 Å². The van der Waals surface area contributed by atoms with Gasteiger partial charge in [0.2, 0.25) is 11.7 Å². The highest BCUT2D eigenvalue weighted by Crippen LogP contribution is 2.40. The zero-order valence-corrected chi connectivity index (χ0v) is 16.5. The van der Waals surface area contributed by atoms with Gasteiger partial charge in [0.25, 0.3) is 5.91 Å². The van der Waals surface area contributed by atoms with Crippen LogP contribution in [0.2, 0.25) is 0 Å². The maximum Gasteiger partial charge on any atom is 0.261 e. The van der Waals surface area contributed by atoms with Crippen LogP contribution in [-0.4, -0.2) is 27.4 Å². The van der Waals surface area contributed by atoms with Crippen molar-refractivity contribution in [1.29, 1.82) is 0 Å². The van der Waals surface area contributed by atoms with Crippen molar-refractivity contribution >= 4 is 45.2 Å². The van der Waals surface area contributed by atoms with Crippen LogP contribution in [0.25, 0.3) is 21.7 Å². The first kappa shape index (κ1) is 18.1. The highest BCUT2D eigenvalue weighted by atomic mass is 16.3. The topological polar surface area (TPSA) is 102 Å². The fourth-order valence-corrected chi connectivity index (χ4v) is 4.16. The molecule has 0 spiro atoms. The minimum absolute atomic E-state index is 0.0509. The number of carbonyl (C=O) groups excluding carboxylic acids is 3. The monoisotopic (exact) mass is 419 g/mol. The number of benzene rings is 3. The number of rotatable bonds is 2. The SMILES string of the molecule is O=C1c2ccccc2C(=O)c2c1oc1c(C(=O)Nc3ncccn3)cc3ccccc3c21. The highest BCUT2D eigenvalue weighted by molar-refractivity contribution is 6.35. The Balaban J connectivity index is 1.65. The molecule has 1 amide bonds. The molecule has 0 bridgehead atoms. The van der Waals surface area contributed by atoms with Crippen molar-refractivity contribution in [1.82, 2.24) is 9.97 Å². The number of furan rings is 1. The van der Waals surface area contributed by atoms with Gasteiger partial charge in [-0.2, -0.15) is 0 Å². The Morgan fingerprint density at radius 2 is 1.53 bits per heavy atom. The minimum atomic E-state index is -0.504. The van der Waals surface area contributed by atoms with E-state index < -0.39 is 5.91 Å². The minimum Gasteiger partial charge on any atom is -0.451 e. The van der Waals surface area contributed by atoms with E-state index in [1.165, 1.54) is 12.4 Å². The van der Waals surface area contributed by atoms with E-state index in [0.717, 1.165) is 10.8 Å². The van der Waals surface area contributed by atoms with Gasteiger partial charge < -0.3 is 4.42 Å². The Labute approximate surface area is 180 Å². The van der Waals surface area contributed by atoms with Crippen LogP contribution in [0, 0.1) is 0 Å². The van der Waals surface area contributed by atoms with Crippen molar-refractivity contribution in [3.05, 3.63) is 101 Å².